The van der Waals surface area contributed by atoms with Crippen LogP contribution in [-0.2, 0) is 4.79 Å². The minimum absolute atomic E-state index is 0.0438. The SMILES string of the molecule is C#CCNC(=O)C(C)SC(C)CCO. The Balaban J connectivity index is 3.77. The highest BCUT2D eigenvalue weighted by atomic mass is 32.2. The number of aliphatic hydroxyl groups is 1. The molecule has 0 saturated carbocycles. The predicted octanol–water partition coefficient (Wildman–Crippen LogP) is 0.628. The number of thioether (sulfide) groups is 1. The molecule has 0 fully saturated rings. The first-order valence-corrected chi connectivity index (χ1v) is 5.53. The van der Waals surface area contributed by atoms with E-state index in [9.17, 15) is 4.79 Å². The average molecular weight is 215 g/mol. The van der Waals surface area contributed by atoms with E-state index in [-0.39, 0.29) is 29.6 Å². The Morgan fingerprint density at radius 1 is 1.64 bits per heavy atom. The number of hydrogen-bond acceptors (Lipinski definition) is 3. The maximum Gasteiger partial charge on any atom is 0.233 e. The minimum atomic E-state index is -0.120. The number of aliphatic hydroxyl groups excluding tert-OH is 1. The number of nitrogens with one attached hydrogen (secondary N) is 1. The van der Waals surface area contributed by atoms with Crippen molar-refractivity contribution in [3.05, 3.63) is 0 Å². The van der Waals surface area contributed by atoms with Crippen molar-refractivity contribution >= 4 is 17.7 Å². The molecule has 0 aliphatic heterocycles. The summed E-state index contributed by atoms with van der Waals surface area (Å²) in [7, 11) is 0. The van der Waals surface area contributed by atoms with Crippen molar-refractivity contribution in [2.75, 3.05) is 13.2 Å². The zero-order valence-electron chi connectivity index (χ0n) is 8.62. The molecule has 0 aliphatic carbocycles. The fourth-order valence-corrected chi connectivity index (χ4v) is 2.09. The van der Waals surface area contributed by atoms with E-state index in [1.807, 2.05) is 13.8 Å². The van der Waals surface area contributed by atoms with Gasteiger partial charge in [-0.05, 0) is 13.3 Å². The summed E-state index contributed by atoms with van der Waals surface area (Å²) >= 11 is 1.54. The van der Waals surface area contributed by atoms with Gasteiger partial charge in [-0.2, -0.15) is 0 Å². The van der Waals surface area contributed by atoms with E-state index in [0.29, 0.717) is 6.42 Å². The smallest absolute Gasteiger partial charge is 0.233 e. The van der Waals surface area contributed by atoms with Crippen LogP contribution in [0, 0.1) is 12.3 Å². The molecule has 0 aromatic carbocycles. The van der Waals surface area contributed by atoms with E-state index in [4.69, 9.17) is 11.5 Å². The van der Waals surface area contributed by atoms with E-state index in [1.54, 1.807) is 11.8 Å². The highest BCUT2D eigenvalue weighted by molar-refractivity contribution is 8.01. The molecule has 3 nitrogen and oxygen atoms in total. The van der Waals surface area contributed by atoms with Gasteiger partial charge >= 0.3 is 0 Å². The van der Waals surface area contributed by atoms with Crippen molar-refractivity contribution in [3.8, 4) is 12.3 Å². The molecule has 0 aromatic rings. The maximum absolute atomic E-state index is 11.4. The number of amides is 1. The van der Waals surface area contributed by atoms with Gasteiger partial charge in [-0.15, -0.1) is 18.2 Å². The van der Waals surface area contributed by atoms with Crippen molar-refractivity contribution in [1.82, 2.24) is 5.32 Å². The van der Waals surface area contributed by atoms with Crippen molar-refractivity contribution in [3.63, 3.8) is 0 Å². The molecule has 0 rings (SSSR count). The maximum atomic E-state index is 11.4. The molecule has 0 aliphatic rings. The zero-order valence-corrected chi connectivity index (χ0v) is 9.43. The Morgan fingerprint density at radius 2 is 2.29 bits per heavy atom. The lowest BCUT2D eigenvalue weighted by molar-refractivity contribution is -0.120. The Labute approximate surface area is 89.7 Å². The molecule has 0 heterocycles. The lowest BCUT2D eigenvalue weighted by Crippen LogP contribution is -2.32. The van der Waals surface area contributed by atoms with Crippen molar-refractivity contribution in [2.24, 2.45) is 0 Å². The van der Waals surface area contributed by atoms with Crippen LogP contribution >= 0.6 is 11.8 Å². The summed E-state index contributed by atoms with van der Waals surface area (Å²) < 4.78 is 0. The van der Waals surface area contributed by atoms with Crippen LogP contribution in [0.15, 0.2) is 0 Å². The molecule has 14 heavy (non-hydrogen) atoms. The topological polar surface area (TPSA) is 49.3 Å². The van der Waals surface area contributed by atoms with Gasteiger partial charge in [0.15, 0.2) is 0 Å². The van der Waals surface area contributed by atoms with E-state index in [0.717, 1.165) is 0 Å². The van der Waals surface area contributed by atoms with Crippen molar-refractivity contribution in [1.29, 1.82) is 0 Å². The molecule has 2 N–H and O–H groups in total. The molecule has 0 bridgehead atoms. The monoisotopic (exact) mass is 215 g/mol. The third-order valence-electron chi connectivity index (χ3n) is 1.71. The third kappa shape index (κ3) is 5.90. The summed E-state index contributed by atoms with van der Waals surface area (Å²) in [4.78, 5) is 11.4. The third-order valence-corrected chi connectivity index (χ3v) is 3.03. The molecule has 0 spiro atoms. The largest absolute Gasteiger partial charge is 0.396 e. The first-order chi connectivity index (χ1) is 6.61. The fraction of sp³-hybridized carbons (Fsp3) is 0.700. The molecule has 1 amide bonds. The summed E-state index contributed by atoms with van der Waals surface area (Å²) in [6.07, 6.45) is 5.73. The van der Waals surface area contributed by atoms with Crippen molar-refractivity contribution < 1.29 is 9.90 Å². The standard InChI is InChI=1S/C10H17NO2S/c1-4-6-11-10(13)9(3)14-8(2)5-7-12/h1,8-9,12H,5-7H2,2-3H3,(H,11,13). The second-order valence-corrected chi connectivity index (χ2v) is 4.81. The van der Waals surface area contributed by atoms with Gasteiger partial charge in [-0.25, -0.2) is 0 Å². The summed E-state index contributed by atoms with van der Waals surface area (Å²) in [5.74, 6) is 2.31. The summed E-state index contributed by atoms with van der Waals surface area (Å²) in [5, 5.41) is 11.5. The number of terminal acetylenes is 1. The van der Waals surface area contributed by atoms with Gasteiger partial charge < -0.3 is 10.4 Å². The van der Waals surface area contributed by atoms with Crippen LogP contribution in [0.25, 0.3) is 0 Å². The predicted molar refractivity (Wildman–Crippen MR) is 60.1 cm³/mol. The number of rotatable bonds is 6. The first kappa shape index (κ1) is 13.3. The van der Waals surface area contributed by atoms with Crippen molar-refractivity contribution in [2.45, 2.75) is 30.8 Å². The van der Waals surface area contributed by atoms with Gasteiger partial charge in [0, 0.05) is 11.9 Å². The summed E-state index contributed by atoms with van der Waals surface area (Å²) in [6.45, 7) is 4.27. The quantitative estimate of drug-likeness (QED) is 0.639. The summed E-state index contributed by atoms with van der Waals surface area (Å²) in [6, 6.07) is 0. The molecule has 2 atom stereocenters. The second kappa shape index (κ2) is 7.72. The van der Waals surface area contributed by atoms with Crippen LogP contribution in [0.2, 0.25) is 0 Å². The molecule has 2 unspecified atom stereocenters. The van der Waals surface area contributed by atoms with E-state index in [2.05, 4.69) is 11.2 Å². The normalized spacial score (nSPS) is 14.1. The molecule has 80 valence electrons. The van der Waals surface area contributed by atoms with Gasteiger partial charge in [0.2, 0.25) is 5.91 Å². The van der Waals surface area contributed by atoms with Crippen LogP contribution in [0.4, 0.5) is 0 Å². The van der Waals surface area contributed by atoms with E-state index < -0.39 is 0 Å². The lowest BCUT2D eigenvalue weighted by Gasteiger charge is -2.15. The molecule has 0 saturated heterocycles. The second-order valence-electron chi connectivity index (χ2n) is 3.02. The molecule has 0 aromatic heterocycles. The van der Waals surface area contributed by atoms with Gasteiger partial charge in [-0.1, -0.05) is 12.8 Å². The number of carbonyl (C=O) groups is 1. The fourth-order valence-electron chi connectivity index (χ4n) is 0.942. The van der Waals surface area contributed by atoms with Gasteiger partial charge in [-0.3, -0.25) is 4.79 Å². The minimum Gasteiger partial charge on any atom is -0.396 e. The highest BCUT2D eigenvalue weighted by Gasteiger charge is 2.15. The van der Waals surface area contributed by atoms with Crippen LogP contribution in [0.1, 0.15) is 20.3 Å². The van der Waals surface area contributed by atoms with Crippen LogP contribution < -0.4 is 5.32 Å². The van der Waals surface area contributed by atoms with Crippen LogP contribution in [0.5, 0.6) is 0 Å². The molecular weight excluding hydrogens is 198 g/mol. The Hall–Kier alpha value is -0.660. The zero-order chi connectivity index (χ0) is 11.0. The van der Waals surface area contributed by atoms with Gasteiger partial charge in [0.05, 0.1) is 11.8 Å². The number of carbonyl (C=O) groups excluding carboxylic acids is 1. The van der Waals surface area contributed by atoms with E-state index >= 15 is 0 Å². The molecule has 4 heteroatoms. The van der Waals surface area contributed by atoms with Crippen LogP contribution in [-0.4, -0.2) is 34.7 Å². The van der Waals surface area contributed by atoms with Gasteiger partial charge in [0.1, 0.15) is 0 Å². The van der Waals surface area contributed by atoms with Gasteiger partial charge in [0.25, 0.3) is 0 Å². The average Bonchev–Trinajstić information content (AvgIpc) is 2.14. The van der Waals surface area contributed by atoms with Crippen LogP contribution in [0.3, 0.4) is 0 Å². The number of hydrogen-bond donors (Lipinski definition) is 2. The van der Waals surface area contributed by atoms with E-state index in [1.165, 1.54) is 0 Å². The Bertz CT molecular complexity index is 213. The molecule has 0 radical (unpaired) electrons. The Morgan fingerprint density at radius 3 is 2.79 bits per heavy atom. The molecular formula is C10H17NO2S. The highest BCUT2D eigenvalue weighted by Crippen LogP contribution is 2.19. The Kier molecular flexibility index (Phi) is 7.35. The summed E-state index contributed by atoms with van der Waals surface area (Å²) in [5.41, 5.74) is 0. The first-order valence-electron chi connectivity index (χ1n) is 4.59. The lowest BCUT2D eigenvalue weighted by atomic mass is 10.3.